The third kappa shape index (κ3) is 5.86. The Morgan fingerprint density at radius 3 is 2.14 bits per heavy atom. The maximum atomic E-state index is 12.6. The highest BCUT2D eigenvalue weighted by molar-refractivity contribution is 7.89. The van der Waals surface area contributed by atoms with Crippen molar-refractivity contribution >= 4 is 50.6 Å². The Balaban J connectivity index is 2.07. The van der Waals surface area contributed by atoms with E-state index in [4.69, 9.17) is 11.6 Å². The number of anilines is 2. The Morgan fingerprint density at radius 2 is 1.62 bits per heavy atom. The van der Waals surface area contributed by atoms with Gasteiger partial charge in [-0.3, -0.25) is 14.4 Å². The first-order valence-corrected chi connectivity index (χ1v) is 10.3. The topological polar surface area (TPSA) is 113 Å². The summed E-state index contributed by atoms with van der Waals surface area (Å²) in [7, 11) is -2.65. The third-order valence-corrected chi connectivity index (χ3v) is 6.03. The van der Waals surface area contributed by atoms with Crippen LogP contribution in [0, 0.1) is 0 Å². The minimum Gasteiger partial charge on any atom is -0.326 e. The molecule has 0 aliphatic heterocycles. The number of nitrogens with one attached hydrogen (secondary N) is 2. The highest BCUT2D eigenvalue weighted by Gasteiger charge is 2.23. The van der Waals surface area contributed by atoms with E-state index in [1.54, 1.807) is 6.07 Å². The number of Topliss-reactive ketones (excluding diaryl/α,β-unsaturated/α-hetero) is 1. The molecule has 0 radical (unpaired) electrons. The molecule has 154 valence electrons. The van der Waals surface area contributed by atoms with Crippen molar-refractivity contribution in [3.63, 3.8) is 0 Å². The van der Waals surface area contributed by atoms with Gasteiger partial charge in [0.15, 0.2) is 5.78 Å². The minimum atomic E-state index is -3.92. The molecule has 2 amide bonds. The van der Waals surface area contributed by atoms with Crippen LogP contribution in [0.3, 0.4) is 0 Å². The number of benzene rings is 2. The van der Waals surface area contributed by atoms with Crippen molar-refractivity contribution in [1.82, 2.24) is 4.31 Å². The molecule has 0 aliphatic carbocycles. The molecule has 2 aromatic carbocycles. The maximum Gasteiger partial charge on any atom is 0.243 e. The zero-order valence-corrected chi connectivity index (χ0v) is 17.6. The van der Waals surface area contributed by atoms with Gasteiger partial charge in [0.25, 0.3) is 0 Å². The Kier molecular flexibility index (Phi) is 7.12. The number of amides is 2. The zero-order chi connectivity index (χ0) is 21.8. The van der Waals surface area contributed by atoms with E-state index in [0.717, 1.165) is 4.31 Å². The van der Waals surface area contributed by atoms with Crippen LogP contribution < -0.4 is 10.6 Å². The summed E-state index contributed by atoms with van der Waals surface area (Å²) < 4.78 is 26.1. The van der Waals surface area contributed by atoms with Crippen LogP contribution in [0.2, 0.25) is 5.02 Å². The van der Waals surface area contributed by atoms with Gasteiger partial charge in [0.05, 0.1) is 22.2 Å². The summed E-state index contributed by atoms with van der Waals surface area (Å²) in [5.41, 5.74) is 1.14. The normalized spacial score (nSPS) is 11.2. The van der Waals surface area contributed by atoms with Crippen LogP contribution in [0.4, 0.5) is 11.4 Å². The van der Waals surface area contributed by atoms with Crippen LogP contribution in [-0.2, 0) is 19.6 Å². The van der Waals surface area contributed by atoms with Crippen molar-refractivity contribution in [3.8, 4) is 0 Å². The molecule has 2 N–H and O–H groups in total. The van der Waals surface area contributed by atoms with Crippen LogP contribution in [0.15, 0.2) is 47.4 Å². The fraction of sp³-hybridized carbons (Fsp3) is 0.211. The Bertz CT molecular complexity index is 1050. The molecule has 0 saturated carbocycles. The predicted molar refractivity (Wildman–Crippen MR) is 111 cm³/mol. The Labute approximate surface area is 173 Å². The lowest BCUT2D eigenvalue weighted by atomic mass is 10.2. The molecule has 0 aromatic heterocycles. The molecular weight excluding hydrogens is 418 g/mol. The molecule has 0 atom stereocenters. The van der Waals surface area contributed by atoms with Gasteiger partial charge in [-0.15, -0.1) is 0 Å². The van der Waals surface area contributed by atoms with E-state index in [0.29, 0.717) is 11.3 Å². The van der Waals surface area contributed by atoms with Gasteiger partial charge in [-0.25, -0.2) is 8.42 Å². The lowest BCUT2D eigenvalue weighted by Crippen LogP contribution is -2.35. The molecule has 10 heteroatoms. The second-order valence-corrected chi connectivity index (χ2v) is 8.72. The number of hydrogen-bond acceptors (Lipinski definition) is 5. The van der Waals surface area contributed by atoms with Gasteiger partial charge in [-0.1, -0.05) is 23.7 Å². The van der Waals surface area contributed by atoms with E-state index in [-0.39, 0.29) is 27.3 Å². The first-order chi connectivity index (χ1) is 13.5. The Morgan fingerprint density at radius 1 is 1.00 bits per heavy atom. The lowest BCUT2D eigenvalue weighted by molar-refractivity contribution is -0.116. The van der Waals surface area contributed by atoms with E-state index in [9.17, 15) is 22.8 Å². The number of halogens is 1. The molecule has 0 bridgehead atoms. The fourth-order valence-corrected chi connectivity index (χ4v) is 3.77. The summed E-state index contributed by atoms with van der Waals surface area (Å²) in [6.45, 7) is 2.29. The molecule has 29 heavy (non-hydrogen) atoms. The molecular formula is C19H20ClN3O5S. The summed E-state index contributed by atoms with van der Waals surface area (Å²) in [6, 6.07) is 9.99. The molecule has 0 spiro atoms. The molecule has 2 aromatic rings. The highest BCUT2D eigenvalue weighted by atomic mass is 35.5. The van der Waals surface area contributed by atoms with E-state index in [1.165, 1.54) is 57.3 Å². The smallest absolute Gasteiger partial charge is 0.243 e. The van der Waals surface area contributed by atoms with Gasteiger partial charge < -0.3 is 10.6 Å². The van der Waals surface area contributed by atoms with Crippen LogP contribution in [0.1, 0.15) is 24.2 Å². The summed E-state index contributed by atoms with van der Waals surface area (Å²) in [5.74, 6) is -1.03. The molecule has 0 aliphatic rings. The van der Waals surface area contributed by atoms with E-state index in [1.807, 2.05) is 0 Å². The summed E-state index contributed by atoms with van der Waals surface area (Å²) in [4.78, 5) is 34.6. The lowest BCUT2D eigenvalue weighted by Gasteiger charge is -2.17. The van der Waals surface area contributed by atoms with Crippen molar-refractivity contribution in [1.29, 1.82) is 0 Å². The van der Waals surface area contributed by atoms with Gasteiger partial charge >= 0.3 is 0 Å². The van der Waals surface area contributed by atoms with Gasteiger partial charge in [0.1, 0.15) is 0 Å². The number of carbonyl (C=O) groups is 3. The first kappa shape index (κ1) is 22.5. The van der Waals surface area contributed by atoms with Crippen LogP contribution in [-0.4, -0.2) is 43.9 Å². The highest BCUT2D eigenvalue weighted by Crippen LogP contribution is 2.25. The van der Waals surface area contributed by atoms with Crippen LogP contribution >= 0.6 is 11.6 Å². The molecule has 2 rings (SSSR count). The summed E-state index contributed by atoms with van der Waals surface area (Å²) in [5, 5.41) is 5.29. The number of carbonyl (C=O) groups excluding carboxylic acids is 3. The number of sulfonamides is 1. The minimum absolute atomic E-state index is 0.0320. The molecule has 0 fully saturated rings. The van der Waals surface area contributed by atoms with Crippen molar-refractivity contribution in [2.24, 2.45) is 0 Å². The predicted octanol–water partition coefficient (Wildman–Crippen LogP) is 2.76. The number of nitrogens with zero attached hydrogens (tertiary/aromatic N) is 1. The van der Waals surface area contributed by atoms with Crippen molar-refractivity contribution in [2.45, 2.75) is 18.7 Å². The number of rotatable bonds is 7. The number of hydrogen-bond donors (Lipinski definition) is 2. The summed E-state index contributed by atoms with van der Waals surface area (Å²) in [6.07, 6.45) is 0. The van der Waals surface area contributed by atoms with Gasteiger partial charge in [0, 0.05) is 25.2 Å². The second kappa shape index (κ2) is 9.17. The SMILES string of the molecule is CC(=O)Nc1ccc(NC(=O)CN(C)S(=O)(=O)c2ccc(C(C)=O)cc2)c(Cl)c1. The van der Waals surface area contributed by atoms with Gasteiger partial charge in [0.2, 0.25) is 21.8 Å². The van der Waals surface area contributed by atoms with Crippen LogP contribution in [0.25, 0.3) is 0 Å². The van der Waals surface area contributed by atoms with E-state index < -0.39 is 22.5 Å². The molecule has 8 nitrogen and oxygen atoms in total. The van der Waals surface area contributed by atoms with Crippen molar-refractivity contribution < 1.29 is 22.8 Å². The fourth-order valence-electron chi connectivity index (χ4n) is 2.42. The monoisotopic (exact) mass is 437 g/mol. The second-order valence-electron chi connectivity index (χ2n) is 6.27. The largest absolute Gasteiger partial charge is 0.326 e. The zero-order valence-electron chi connectivity index (χ0n) is 16.0. The average Bonchev–Trinajstić information content (AvgIpc) is 2.63. The molecule has 0 saturated heterocycles. The van der Waals surface area contributed by atoms with E-state index >= 15 is 0 Å². The molecule has 0 heterocycles. The summed E-state index contributed by atoms with van der Waals surface area (Å²) >= 11 is 6.09. The number of ketones is 1. The standard InChI is InChI=1S/C19H20ClN3O5S/c1-12(24)14-4-7-16(8-5-14)29(27,28)23(3)11-19(26)22-18-9-6-15(10-17(18)20)21-13(2)25/h4-10H,11H2,1-3H3,(H,21,25)(H,22,26). The number of likely N-dealkylation sites (N-methyl/N-ethyl adjacent to an activating group) is 1. The first-order valence-electron chi connectivity index (χ1n) is 8.45. The molecule has 0 unspecified atom stereocenters. The Hall–Kier alpha value is -2.75. The van der Waals surface area contributed by atoms with Crippen molar-refractivity contribution in [2.75, 3.05) is 24.2 Å². The van der Waals surface area contributed by atoms with Gasteiger partial charge in [-0.05, 0) is 37.3 Å². The average molecular weight is 438 g/mol. The quantitative estimate of drug-likeness (QED) is 0.646. The van der Waals surface area contributed by atoms with Crippen molar-refractivity contribution in [3.05, 3.63) is 53.1 Å². The van der Waals surface area contributed by atoms with Crippen LogP contribution in [0.5, 0.6) is 0 Å². The maximum absolute atomic E-state index is 12.6. The van der Waals surface area contributed by atoms with Gasteiger partial charge in [-0.2, -0.15) is 4.31 Å². The van der Waals surface area contributed by atoms with E-state index in [2.05, 4.69) is 10.6 Å². The third-order valence-electron chi connectivity index (χ3n) is 3.90.